The molecular weight excluding hydrogens is 194 g/mol. The normalized spacial score (nSPS) is 22.9. The van der Waals surface area contributed by atoms with Crippen LogP contribution in [-0.4, -0.2) is 13.4 Å². The molecule has 2 aliphatic heterocycles. The first-order valence-electron chi connectivity index (χ1n) is 5.16. The summed E-state index contributed by atoms with van der Waals surface area (Å²) in [6.45, 7) is 1.01. The van der Waals surface area contributed by atoms with Gasteiger partial charge in [-0.2, -0.15) is 0 Å². The standard InChI is InChI=1S/C11H13NO3/c12-8-2-1-3-13-9-5-11-10(4-7(8)9)14-6-15-11/h4-5,8H,1-3,6,12H2/t8-/m0/s1. The molecule has 4 heteroatoms. The van der Waals surface area contributed by atoms with E-state index in [1.165, 1.54) is 0 Å². The highest BCUT2D eigenvalue weighted by atomic mass is 16.7. The summed E-state index contributed by atoms with van der Waals surface area (Å²) < 4.78 is 16.2. The third kappa shape index (κ3) is 1.41. The fourth-order valence-electron chi connectivity index (χ4n) is 1.99. The lowest BCUT2D eigenvalue weighted by molar-refractivity contribution is 0.173. The predicted molar refractivity (Wildman–Crippen MR) is 54.2 cm³/mol. The van der Waals surface area contributed by atoms with Gasteiger partial charge in [0.1, 0.15) is 5.75 Å². The van der Waals surface area contributed by atoms with E-state index in [0.717, 1.165) is 42.3 Å². The lowest BCUT2D eigenvalue weighted by Crippen LogP contribution is -2.08. The minimum Gasteiger partial charge on any atom is -0.493 e. The lowest BCUT2D eigenvalue weighted by atomic mass is 10.0. The number of hydrogen-bond donors (Lipinski definition) is 1. The predicted octanol–water partition coefficient (Wildman–Crippen LogP) is 1.59. The summed E-state index contributed by atoms with van der Waals surface area (Å²) in [5, 5.41) is 0. The van der Waals surface area contributed by atoms with Crippen LogP contribution in [0.1, 0.15) is 24.4 Å². The molecule has 2 N–H and O–H groups in total. The van der Waals surface area contributed by atoms with Crippen LogP contribution in [0.3, 0.4) is 0 Å². The van der Waals surface area contributed by atoms with E-state index in [2.05, 4.69) is 0 Å². The zero-order valence-corrected chi connectivity index (χ0v) is 8.36. The summed E-state index contributed by atoms with van der Waals surface area (Å²) in [5.41, 5.74) is 7.09. The Kier molecular flexibility index (Phi) is 1.95. The van der Waals surface area contributed by atoms with E-state index in [4.69, 9.17) is 19.9 Å². The molecule has 0 aromatic heterocycles. The average molecular weight is 207 g/mol. The first kappa shape index (κ1) is 8.85. The van der Waals surface area contributed by atoms with E-state index >= 15 is 0 Å². The second-order valence-electron chi connectivity index (χ2n) is 3.84. The van der Waals surface area contributed by atoms with Crippen molar-refractivity contribution in [2.75, 3.05) is 13.4 Å². The van der Waals surface area contributed by atoms with Crippen LogP contribution >= 0.6 is 0 Å². The van der Waals surface area contributed by atoms with Crippen molar-refractivity contribution in [2.24, 2.45) is 5.73 Å². The van der Waals surface area contributed by atoms with Crippen LogP contribution < -0.4 is 19.9 Å². The van der Waals surface area contributed by atoms with E-state index in [9.17, 15) is 0 Å². The average Bonchev–Trinajstić information content (AvgIpc) is 2.62. The van der Waals surface area contributed by atoms with Gasteiger partial charge in [0, 0.05) is 17.7 Å². The first-order valence-corrected chi connectivity index (χ1v) is 5.16. The van der Waals surface area contributed by atoms with Crippen molar-refractivity contribution >= 4 is 0 Å². The molecule has 0 bridgehead atoms. The minimum atomic E-state index is 0.0389. The van der Waals surface area contributed by atoms with Gasteiger partial charge in [-0.15, -0.1) is 0 Å². The molecule has 1 aromatic rings. The third-order valence-electron chi connectivity index (χ3n) is 2.82. The van der Waals surface area contributed by atoms with Crippen LogP contribution in [0.2, 0.25) is 0 Å². The third-order valence-corrected chi connectivity index (χ3v) is 2.82. The van der Waals surface area contributed by atoms with Crippen LogP contribution in [0.5, 0.6) is 17.2 Å². The molecule has 80 valence electrons. The highest BCUT2D eigenvalue weighted by molar-refractivity contribution is 5.53. The summed E-state index contributed by atoms with van der Waals surface area (Å²) in [7, 11) is 0. The summed E-state index contributed by atoms with van der Waals surface area (Å²) in [5.74, 6) is 2.36. The zero-order valence-electron chi connectivity index (χ0n) is 8.36. The molecule has 1 aromatic carbocycles. The summed E-state index contributed by atoms with van der Waals surface area (Å²) in [6, 6.07) is 3.85. The van der Waals surface area contributed by atoms with Crippen molar-refractivity contribution in [1.82, 2.24) is 0 Å². The molecule has 0 radical (unpaired) electrons. The number of hydrogen-bond acceptors (Lipinski definition) is 4. The Morgan fingerprint density at radius 2 is 1.87 bits per heavy atom. The topological polar surface area (TPSA) is 53.7 Å². The van der Waals surface area contributed by atoms with Crippen LogP contribution in [0.25, 0.3) is 0 Å². The number of nitrogens with two attached hydrogens (primary N) is 1. The highest BCUT2D eigenvalue weighted by Crippen LogP contribution is 2.41. The molecule has 15 heavy (non-hydrogen) atoms. The molecular formula is C11H13NO3. The van der Waals surface area contributed by atoms with Gasteiger partial charge in [0.05, 0.1) is 6.61 Å². The maximum Gasteiger partial charge on any atom is 0.231 e. The summed E-state index contributed by atoms with van der Waals surface area (Å²) in [6.07, 6.45) is 1.94. The van der Waals surface area contributed by atoms with Crippen LogP contribution in [0.4, 0.5) is 0 Å². The molecule has 0 amide bonds. The number of fused-ring (bicyclic) bond motifs is 2. The Morgan fingerprint density at radius 3 is 2.73 bits per heavy atom. The van der Waals surface area contributed by atoms with Crippen molar-refractivity contribution in [3.63, 3.8) is 0 Å². The Labute approximate surface area is 87.9 Å². The maximum absolute atomic E-state index is 6.06. The number of benzene rings is 1. The monoisotopic (exact) mass is 207 g/mol. The smallest absolute Gasteiger partial charge is 0.231 e. The molecule has 0 unspecified atom stereocenters. The maximum atomic E-state index is 6.06. The van der Waals surface area contributed by atoms with Gasteiger partial charge in [0.25, 0.3) is 0 Å². The molecule has 2 heterocycles. The van der Waals surface area contributed by atoms with E-state index in [-0.39, 0.29) is 12.8 Å². The Morgan fingerprint density at radius 1 is 1.07 bits per heavy atom. The van der Waals surface area contributed by atoms with Crippen molar-refractivity contribution in [3.8, 4) is 17.2 Å². The lowest BCUT2D eigenvalue weighted by Gasteiger charge is -2.12. The SMILES string of the molecule is N[C@H]1CCCOc2cc3c(cc21)OCO3. The fraction of sp³-hybridized carbons (Fsp3) is 0.455. The molecule has 0 fully saturated rings. The molecule has 4 nitrogen and oxygen atoms in total. The first-order chi connectivity index (χ1) is 7.34. The summed E-state index contributed by atoms with van der Waals surface area (Å²) in [4.78, 5) is 0. The van der Waals surface area contributed by atoms with Gasteiger partial charge >= 0.3 is 0 Å². The molecule has 0 saturated carbocycles. The van der Waals surface area contributed by atoms with Gasteiger partial charge in [-0.1, -0.05) is 0 Å². The second kappa shape index (κ2) is 3.31. The minimum absolute atomic E-state index is 0.0389. The van der Waals surface area contributed by atoms with Gasteiger partial charge < -0.3 is 19.9 Å². The largest absolute Gasteiger partial charge is 0.493 e. The number of ether oxygens (including phenoxy) is 3. The van der Waals surface area contributed by atoms with Gasteiger partial charge in [0.2, 0.25) is 6.79 Å². The molecule has 1 atom stereocenters. The number of rotatable bonds is 0. The zero-order chi connectivity index (χ0) is 10.3. The molecule has 0 saturated heterocycles. The van der Waals surface area contributed by atoms with Gasteiger partial charge in [-0.05, 0) is 18.9 Å². The molecule has 3 rings (SSSR count). The second-order valence-corrected chi connectivity index (χ2v) is 3.84. The van der Waals surface area contributed by atoms with E-state index in [0.29, 0.717) is 0 Å². The van der Waals surface area contributed by atoms with Gasteiger partial charge in [-0.25, -0.2) is 0 Å². The van der Waals surface area contributed by atoms with Crippen molar-refractivity contribution in [2.45, 2.75) is 18.9 Å². The Balaban J connectivity index is 2.09. The fourth-order valence-corrected chi connectivity index (χ4v) is 1.99. The van der Waals surface area contributed by atoms with E-state index in [1.54, 1.807) is 0 Å². The van der Waals surface area contributed by atoms with Crippen molar-refractivity contribution < 1.29 is 14.2 Å². The van der Waals surface area contributed by atoms with Crippen LogP contribution in [0, 0.1) is 0 Å². The van der Waals surface area contributed by atoms with E-state index < -0.39 is 0 Å². The van der Waals surface area contributed by atoms with Crippen LogP contribution in [0.15, 0.2) is 12.1 Å². The quantitative estimate of drug-likeness (QED) is 0.701. The highest BCUT2D eigenvalue weighted by Gasteiger charge is 2.22. The van der Waals surface area contributed by atoms with Crippen molar-refractivity contribution in [3.05, 3.63) is 17.7 Å². The molecule has 0 spiro atoms. The molecule has 0 aliphatic carbocycles. The Bertz CT molecular complexity index is 392. The Hall–Kier alpha value is -1.42. The van der Waals surface area contributed by atoms with Gasteiger partial charge in [-0.3, -0.25) is 0 Å². The van der Waals surface area contributed by atoms with Crippen LogP contribution in [-0.2, 0) is 0 Å². The molecule has 2 aliphatic rings. The summed E-state index contributed by atoms with van der Waals surface area (Å²) >= 11 is 0. The van der Waals surface area contributed by atoms with E-state index in [1.807, 2.05) is 12.1 Å². The van der Waals surface area contributed by atoms with Crippen molar-refractivity contribution in [1.29, 1.82) is 0 Å². The van der Waals surface area contributed by atoms with Gasteiger partial charge in [0.15, 0.2) is 11.5 Å².